The molecular formula is C7H10ClN5S2. The number of nitrogens with zero attached hydrogens (tertiary/aromatic N) is 3. The Labute approximate surface area is 102 Å². The summed E-state index contributed by atoms with van der Waals surface area (Å²) in [4.78, 5) is 6.76. The monoisotopic (exact) mass is 263 g/mol. The van der Waals surface area contributed by atoms with Gasteiger partial charge in [0, 0.05) is 14.1 Å². The van der Waals surface area contributed by atoms with Crippen molar-refractivity contribution in [2.75, 3.05) is 19.0 Å². The highest BCUT2D eigenvalue weighted by Gasteiger charge is 2.08. The van der Waals surface area contributed by atoms with Crippen LogP contribution in [0.1, 0.15) is 4.88 Å². The first-order chi connectivity index (χ1) is 7.00. The molecule has 0 saturated heterocycles. The van der Waals surface area contributed by atoms with Crippen LogP contribution >= 0.6 is 35.2 Å². The van der Waals surface area contributed by atoms with Crippen LogP contribution in [0.25, 0.3) is 0 Å². The van der Waals surface area contributed by atoms with Gasteiger partial charge in [-0.25, -0.2) is 4.98 Å². The van der Waals surface area contributed by atoms with Gasteiger partial charge < -0.3 is 10.6 Å². The van der Waals surface area contributed by atoms with Crippen molar-refractivity contribution in [2.45, 2.75) is 0 Å². The summed E-state index contributed by atoms with van der Waals surface area (Å²) in [6.45, 7) is 0. The SMILES string of the molecule is CN(C)c1nc(Cl)c(C=NNC(N)=S)s1. The van der Waals surface area contributed by atoms with Crippen LogP contribution in [0.3, 0.4) is 0 Å². The van der Waals surface area contributed by atoms with E-state index in [1.807, 2.05) is 19.0 Å². The maximum absolute atomic E-state index is 5.89. The zero-order valence-corrected chi connectivity index (χ0v) is 10.6. The van der Waals surface area contributed by atoms with Crippen LogP contribution in [0, 0.1) is 0 Å². The molecule has 5 nitrogen and oxygen atoms in total. The minimum Gasteiger partial charge on any atom is -0.375 e. The first kappa shape index (κ1) is 12.2. The summed E-state index contributed by atoms with van der Waals surface area (Å²) < 4.78 is 0. The van der Waals surface area contributed by atoms with Crippen LogP contribution in [-0.4, -0.2) is 30.4 Å². The molecule has 1 rings (SSSR count). The predicted molar refractivity (Wildman–Crippen MR) is 69.0 cm³/mol. The van der Waals surface area contributed by atoms with Gasteiger partial charge >= 0.3 is 0 Å². The molecule has 82 valence electrons. The largest absolute Gasteiger partial charge is 0.375 e. The molecule has 0 spiro atoms. The standard InChI is InChI=1S/C7H10ClN5S2/c1-13(2)7-11-5(8)4(15-7)3-10-12-6(9)14/h3H,1-2H3,(H3,9,12,14). The van der Waals surface area contributed by atoms with E-state index in [1.165, 1.54) is 17.6 Å². The van der Waals surface area contributed by atoms with Gasteiger partial charge in [0.2, 0.25) is 0 Å². The second-order valence-corrected chi connectivity index (χ2v) is 4.59. The van der Waals surface area contributed by atoms with Crippen molar-refractivity contribution in [3.8, 4) is 0 Å². The summed E-state index contributed by atoms with van der Waals surface area (Å²) in [7, 11) is 3.78. The van der Waals surface area contributed by atoms with Crippen molar-refractivity contribution in [1.29, 1.82) is 0 Å². The van der Waals surface area contributed by atoms with Gasteiger partial charge in [-0.15, -0.1) is 0 Å². The molecule has 0 saturated carbocycles. The molecule has 0 aliphatic heterocycles. The Bertz CT molecular complexity index is 387. The molecule has 1 heterocycles. The lowest BCUT2D eigenvalue weighted by atomic mass is 10.6. The van der Waals surface area contributed by atoms with Gasteiger partial charge in [0.25, 0.3) is 0 Å². The summed E-state index contributed by atoms with van der Waals surface area (Å²) in [6, 6.07) is 0. The van der Waals surface area contributed by atoms with Gasteiger partial charge in [-0.05, 0) is 12.2 Å². The average molecular weight is 264 g/mol. The number of anilines is 1. The molecule has 0 fully saturated rings. The second kappa shape index (κ2) is 5.24. The number of hydrogen-bond donors (Lipinski definition) is 2. The number of halogens is 1. The highest BCUT2D eigenvalue weighted by molar-refractivity contribution is 7.80. The van der Waals surface area contributed by atoms with Crippen molar-refractivity contribution < 1.29 is 0 Å². The fourth-order valence-electron chi connectivity index (χ4n) is 0.728. The molecule has 15 heavy (non-hydrogen) atoms. The number of hydrazone groups is 1. The number of thiocarbonyl (C=S) groups is 1. The molecule has 1 aromatic rings. The summed E-state index contributed by atoms with van der Waals surface area (Å²) in [6.07, 6.45) is 1.53. The quantitative estimate of drug-likeness (QED) is 0.484. The number of nitrogens with one attached hydrogen (secondary N) is 1. The first-order valence-corrected chi connectivity index (χ1v) is 5.53. The van der Waals surface area contributed by atoms with E-state index in [-0.39, 0.29) is 5.11 Å². The van der Waals surface area contributed by atoms with Crippen molar-refractivity contribution in [2.24, 2.45) is 10.8 Å². The average Bonchev–Trinajstić information content (AvgIpc) is 2.47. The lowest BCUT2D eigenvalue weighted by molar-refractivity contribution is 1.04. The molecule has 8 heteroatoms. The Balaban J connectivity index is 2.77. The van der Waals surface area contributed by atoms with Gasteiger partial charge in [-0.1, -0.05) is 22.9 Å². The maximum atomic E-state index is 5.89. The highest BCUT2D eigenvalue weighted by atomic mass is 35.5. The lowest BCUT2D eigenvalue weighted by Gasteiger charge is -2.04. The summed E-state index contributed by atoms with van der Waals surface area (Å²) in [5.41, 5.74) is 7.65. The topological polar surface area (TPSA) is 66.5 Å². The number of hydrogen-bond acceptors (Lipinski definition) is 5. The molecule has 0 amide bonds. The molecule has 0 radical (unpaired) electrons. The molecule has 0 unspecified atom stereocenters. The van der Waals surface area contributed by atoms with E-state index in [4.69, 9.17) is 17.3 Å². The van der Waals surface area contributed by atoms with E-state index in [2.05, 4.69) is 27.7 Å². The van der Waals surface area contributed by atoms with Crippen LogP contribution < -0.4 is 16.1 Å². The Kier molecular flexibility index (Phi) is 4.25. The summed E-state index contributed by atoms with van der Waals surface area (Å²) in [5, 5.41) is 5.14. The van der Waals surface area contributed by atoms with Gasteiger partial charge in [-0.3, -0.25) is 5.43 Å². The van der Waals surface area contributed by atoms with E-state index < -0.39 is 0 Å². The molecule has 0 bridgehead atoms. The fourth-order valence-corrected chi connectivity index (χ4v) is 1.83. The molecule has 0 aliphatic carbocycles. The van der Waals surface area contributed by atoms with Crippen molar-refractivity contribution in [3.63, 3.8) is 0 Å². The Morgan fingerprint density at radius 2 is 2.40 bits per heavy atom. The van der Waals surface area contributed by atoms with Crippen molar-refractivity contribution >= 4 is 51.6 Å². The number of nitrogens with two attached hydrogens (primary N) is 1. The Hall–Kier alpha value is -0.920. The predicted octanol–water partition coefficient (Wildman–Crippen LogP) is 1.03. The van der Waals surface area contributed by atoms with Crippen LogP contribution in [-0.2, 0) is 0 Å². The summed E-state index contributed by atoms with van der Waals surface area (Å²) in [5.74, 6) is 0. The number of thiazole rings is 1. The van der Waals surface area contributed by atoms with Gasteiger partial charge in [-0.2, -0.15) is 5.10 Å². The zero-order valence-electron chi connectivity index (χ0n) is 8.19. The zero-order chi connectivity index (χ0) is 11.4. The van der Waals surface area contributed by atoms with E-state index in [1.54, 1.807) is 0 Å². The summed E-state index contributed by atoms with van der Waals surface area (Å²) >= 11 is 11.9. The minimum atomic E-state index is 0.111. The molecule has 0 aliphatic rings. The second-order valence-electron chi connectivity index (χ2n) is 2.78. The minimum absolute atomic E-state index is 0.111. The van der Waals surface area contributed by atoms with Crippen molar-refractivity contribution in [1.82, 2.24) is 10.4 Å². The third kappa shape index (κ3) is 3.61. The smallest absolute Gasteiger partial charge is 0.186 e. The van der Waals surface area contributed by atoms with Gasteiger partial charge in [0.1, 0.15) is 0 Å². The van der Waals surface area contributed by atoms with Crippen LogP contribution in [0.2, 0.25) is 5.15 Å². The molecule has 1 aromatic heterocycles. The van der Waals surface area contributed by atoms with Gasteiger partial charge in [0.15, 0.2) is 15.4 Å². The first-order valence-electron chi connectivity index (χ1n) is 3.93. The normalized spacial score (nSPS) is 10.6. The van der Waals surface area contributed by atoms with E-state index in [9.17, 15) is 0 Å². The van der Waals surface area contributed by atoms with Gasteiger partial charge in [0.05, 0.1) is 11.1 Å². The molecular weight excluding hydrogens is 254 g/mol. The van der Waals surface area contributed by atoms with Crippen LogP contribution in [0.5, 0.6) is 0 Å². The maximum Gasteiger partial charge on any atom is 0.186 e. The molecule has 0 atom stereocenters. The fraction of sp³-hybridized carbons (Fsp3) is 0.286. The Morgan fingerprint density at radius 1 is 1.73 bits per heavy atom. The number of rotatable bonds is 3. The lowest BCUT2D eigenvalue weighted by Crippen LogP contribution is -2.23. The van der Waals surface area contributed by atoms with Crippen LogP contribution in [0.15, 0.2) is 5.10 Å². The third-order valence-corrected chi connectivity index (χ3v) is 2.99. The highest BCUT2D eigenvalue weighted by Crippen LogP contribution is 2.26. The third-order valence-electron chi connectivity index (χ3n) is 1.34. The Morgan fingerprint density at radius 3 is 2.87 bits per heavy atom. The molecule has 0 aromatic carbocycles. The van der Waals surface area contributed by atoms with E-state index in [0.717, 1.165) is 10.0 Å². The van der Waals surface area contributed by atoms with Crippen LogP contribution in [0.4, 0.5) is 5.13 Å². The van der Waals surface area contributed by atoms with Crippen molar-refractivity contribution in [3.05, 3.63) is 10.0 Å². The van der Waals surface area contributed by atoms with E-state index in [0.29, 0.717) is 5.15 Å². The number of aromatic nitrogens is 1. The van der Waals surface area contributed by atoms with E-state index >= 15 is 0 Å². The molecule has 3 N–H and O–H groups in total.